The summed E-state index contributed by atoms with van der Waals surface area (Å²) in [4.78, 5) is 0. The van der Waals surface area contributed by atoms with E-state index in [1.807, 2.05) is 0 Å². The van der Waals surface area contributed by atoms with Crippen LogP contribution in [0.5, 0.6) is 5.75 Å². The summed E-state index contributed by atoms with van der Waals surface area (Å²) in [5.41, 5.74) is 1.43. The highest BCUT2D eigenvalue weighted by molar-refractivity contribution is 5.30. The Hall–Kier alpha value is -1.02. The van der Waals surface area contributed by atoms with E-state index >= 15 is 0 Å². The summed E-state index contributed by atoms with van der Waals surface area (Å²) in [7, 11) is 1.73. The molecule has 0 amide bonds. The first-order valence-corrected chi connectivity index (χ1v) is 8.24. The van der Waals surface area contributed by atoms with Crippen molar-refractivity contribution >= 4 is 0 Å². The average Bonchev–Trinajstić information content (AvgIpc) is 3.20. The quantitative estimate of drug-likeness (QED) is 0.799. The van der Waals surface area contributed by atoms with E-state index in [1.165, 1.54) is 57.1 Å². The van der Waals surface area contributed by atoms with E-state index in [4.69, 9.17) is 4.74 Å². The van der Waals surface area contributed by atoms with E-state index in [2.05, 4.69) is 29.6 Å². The van der Waals surface area contributed by atoms with E-state index in [9.17, 15) is 0 Å². The number of nitrogens with one attached hydrogen (secondary N) is 1. The van der Waals surface area contributed by atoms with Gasteiger partial charge in [-0.2, -0.15) is 0 Å². The molecule has 0 saturated heterocycles. The maximum absolute atomic E-state index is 5.25. The van der Waals surface area contributed by atoms with Gasteiger partial charge in [0.25, 0.3) is 0 Å². The third kappa shape index (κ3) is 3.54. The van der Waals surface area contributed by atoms with Gasteiger partial charge in [-0.15, -0.1) is 0 Å². The van der Waals surface area contributed by atoms with Gasteiger partial charge >= 0.3 is 0 Å². The largest absolute Gasteiger partial charge is 0.497 e. The third-order valence-corrected chi connectivity index (χ3v) is 4.96. The number of rotatable bonds is 7. The monoisotopic (exact) mass is 273 g/mol. The van der Waals surface area contributed by atoms with Crippen LogP contribution in [0.15, 0.2) is 24.3 Å². The highest BCUT2D eigenvalue weighted by atomic mass is 16.5. The Kier molecular flexibility index (Phi) is 4.62. The maximum Gasteiger partial charge on any atom is 0.118 e. The van der Waals surface area contributed by atoms with Crippen LogP contribution in [0, 0.1) is 11.8 Å². The van der Waals surface area contributed by atoms with Crippen molar-refractivity contribution in [3.05, 3.63) is 29.8 Å². The average molecular weight is 273 g/mol. The van der Waals surface area contributed by atoms with Gasteiger partial charge < -0.3 is 10.1 Å². The molecule has 0 aromatic heterocycles. The first-order valence-electron chi connectivity index (χ1n) is 8.24. The standard InChI is InChI=1S/C18H27NO/c1-20-17-10-8-16(9-11-17)18(15-6-7-15)19-13-12-14-4-2-3-5-14/h8-11,14-15,18-19H,2-7,12-13H2,1H3. The van der Waals surface area contributed by atoms with Gasteiger partial charge in [0.2, 0.25) is 0 Å². The molecule has 1 aromatic carbocycles. The van der Waals surface area contributed by atoms with E-state index < -0.39 is 0 Å². The van der Waals surface area contributed by atoms with Crippen molar-refractivity contribution in [2.24, 2.45) is 11.8 Å². The lowest BCUT2D eigenvalue weighted by atomic mass is 10.0. The minimum absolute atomic E-state index is 0.558. The summed E-state index contributed by atoms with van der Waals surface area (Å²) in [6.07, 6.45) is 9.95. The molecule has 2 aliphatic rings. The van der Waals surface area contributed by atoms with Gasteiger partial charge in [-0.25, -0.2) is 0 Å². The molecule has 2 saturated carbocycles. The van der Waals surface area contributed by atoms with Gasteiger partial charge in [-0.3, -0.25) is 0 Å². The number of hydrogen-bond acceptors (Lipinski definition) is 2. The normalized spacial score (nSPS) is 21.1. The van der Waals surface area contributed by atoms with Gasteiger partial charge in [-0.1, -0.05) is 37.8 Å². The smallest absolute Gasteiger partial charge is 0.118 e. The minimum atomic E-state index is 0.558. The summed E-state index contributed by atoms with van der Waals surface area (Å²) in [5.74, 6) is 2.79. The van der Waals surface area contributed by atoms with Crippen molar-refractivity contribution in [1.29, 1.82) is 0 Å². The lowest BCUT2D eigenvalue weighted by Crippen LogP contribution is -2.25. The van der Waals surface area contributed by atoms with E-state index in [1.54, 1.807) is 7.11 Å². The Morgan fingerprint density at radius 3 is 2.40 bits per heavy atom. The summed E-state index contributed by atoms with van der Waals surface area (Å²) >= 11 is 0. The van der Waals surface area contributed by atoms with Crippen molar-refractivity contribution in [3.8, 4) is 5.75 Å². The van der Waals surface area contributed by atoms with Crippen LogP contribution in [-0.2, 0) is 0 Å². The van der Waals surface area contributed by atoms with Crippen molar-refractivity contribution < 1.29 is 4.74 Å². The fourth-order valence-corrected chi connectivity index (χ4v) is 3.54. The van der Waals surface area contributed by atoms with Gasteiger partial charge in [0.1, 0.15) is 5.75 Å². The van der Waals surface area contributed by atoms with Crippen molar-refractivity contribution in [2.75, 3.05) is 13.7 Å². The predicted octanol–water partition coefficient (Wildman–Crippen LogP) is 4.32. The van der Waals surface area contributed by atoms with Crippen molar-refractivity contribution in [1.82, 2.24) is 5.32 Å². The molecule has 2 nitrogen and oxygen atoms in total. The molecule has 0 bridgehead atoms. The molecule has 2 heteroatoms. The molecule has 1 N–H and O–H groups in total. The van der Waals surface area contributed by atoms with Gasteiger partial charge in [0.15, 0.2) is 0 Å². The van der Waals surface area contributed by atoms with Gasteiger partial charge in [-0.05, 0) is 55.3 Å². The first kappa shape index (κ1) is 13.9. The molecule has 1 unspecified atom stereocenters. The summed E-state index contributed by atoms with van der Waals surface area (Å²) in [6, 6.07) is 9.18. The predicted molar refractivity (Wildman–Crippen MR) is 83.0 cm³/mol. The second kappa shape index (κ2) is 6.62. The summed E-state index contributed by atoms with van der Waals surface area (Å²) in [6.45, 7) is 1.18. The van der Waals surface area contributed by atoms with Crippen LogP contribution >= 0.6 is 0 Å². The lowest BCUT2D eigenvalue weighted by molar-refractivity contribution is 0.411. The topological polar surface area (TPSA) is 21.3 Å². The Morgan fingerprint density at radius 2 is 1.80 bits per heavy atom. The molecular weight excluding hydrogens is 246 g/mol. The van der Waals surface area contributed by atoms with E-state index in [0.717, 1.165) is 17.6 Å². The van der Waals surface area contributed by atoms with E-state index in [0.29, 0.717) is 6.04 Å². The molecule has 20 heavy (non-hydrogen) atoms. The minimum Gasteiger partial charge on any atom is -0.497 e. The maximum atomic E-state index is 5.25. The Balaban J connectivity index is 1.54. The second-order valence-electron chi connectivity index (χ2n) is 6.48. The van der Waals surface area contributed by atoms with Crippen molar-refractivity contribution in [3.63, 3.8) is 0 Å². The lowest BCUT2D eigenvalue weighted by Gasteiger charge is -2.20. The van der Waals surface area contributed by atoms with Crippen LogP contribution in [0.1, 0.15) is 56.6 Å². The molecule has 0 aliphatic heterocycles. The van der Waals surface area contributed by atoms with Crippen LogP contribution in [0.2, 0.25) is 0 Å². The second-order valence-corrected chi connectivity index (χ2v) is 6.48. The van der Waals surface area contributed by atoms with E-state index in [-0.39, 0.29) is 0 Å². The highest BCUT2D eigenvalue weighted by Gasteiger charge is 2.32. The molecule has 0 heterocycles. The zero-order valence-corrected chi connectivity index (χ0v) is 12.6. The molecule has 3 rings (SSSR count). The first-order chi connectivity index (χ1) is 9.86. The summed E-state index contributed by atoms with van der Waals surface area (Å²) < 4.78 is 5.25. The molecule has 1 atom stereocenters. The fourth-order valence-electron chi connectivity index (χ4n) is 3.54. The summed E-state index contributed by atoms with van der Waals surface area (Å²) in [5, 5.41) is 3.82. The number of benzene rings is 1. The highest BCUT2D eigenvalue weighted by Crippen LogP contribution is 2.41. The molecule has 2 aliphatic carbocycles. The SMILES string of the molecule is COc1ccc(C(NCCC2CCCC2)C2CC2)cc1. The molecule has 0 spiro atoms. The molecule has 110 valence electrons. The molecule has 0 radical (unpaired) electrons. The fraction of sp³-hybridized carbons (Fsp3) is 0.667. The van der Waals surface area contributed by atoms with Crippen LogP contribution in [0.3, 0.4) is 0 Å². The molecule has 1 aromatic rings. The van der Waals surface area contributed by atoms with Crippen LogP contribution in [0.4, 0.5) is 0 Å². The van der Waals surface area contributed by atoms with Crippen LogP contribution < -0.4 is 10.1 Å². The Labute approximate surface area is 122 Å². The Bertz CT molecular complexity index is 404. The third-order valence-electron chi connectivity index (χ3n) is 4.96. The molecular formula is C18H27NO. The van der Waals surface area contributed by atoms with Crippen LogP contribution in [-0.4, -0.2) is 13.7 Å². The number of hydrogen-bond donors (Lipinski definition) is 1. The zero-order chi connectivity index (χ0) is 13.8. The van der Waals surface area contributed by atoms with Crippen LogP contribution in [0.25, 0.3) is 0 Å². The molecule has 2 fully saturated rings. The zero-order valence-electron chi connectivity index (χ0n) is 12.6. The Morgan fingerprint density at radius 1 is 1.10 bits per heavy atom. The van der Waals surface area contributed by atoms with Gasteiger partial charge in [0, 0.05) is 6.04 Å². The number of methoxy groups -OCH3 is 1. The number of ether oxygens (including phenoxy) is 1. The van der Waals surface area contributed by atoms with Gasteiger partial charge in [0.05, 0.1) is 7.11 Å². The van der Waals surface area contributed by atoms with Crippen molar-refractivity contribution in [2.45, 2.75) is 51.0 Å².